The molecule has 0 saturated carbocycles. The van der Waals surface area contributed by atoms with Crippen molar-refractivity contribution in [3.8, 4) is 0 Å². The molecule has 112 valence electrons. The number of nitrogens with one attached hydrogen (secondary N) is 1. The number of hydrogen-bond donors (Lipinski definition) is 2. The molecule has 0 aliphatic rings. The maximum Gasteiger partial charge on any atom is 0.303 e. The van der Waals surface area contributed by atoms with E-state index < -0.39 is 25.8 Å². The van der Waals surface area contributed by atoms with Crippen molar-refractivity contribution in [3.63, 3.8) is 0 Å². The monoisotopic (exact) mass is 321 g/mol. The van der Waals surface area contributed by atoms with Gasteiger partial charge in [-0.25, -0.2) is 21.6 Å². The van der Waals surface area contributed by atoms with E-state index in [9.17, 15) is 21.6 Å². The second-order valence-electron chi connectivity index (χ2n) is 4.14. The minimum Gasteiger partial charge on any atom is -0.481 e. The van der Waals surface area contributed by atoms with Crippen molar-refractivity contribution in [1.82, 2.24) is 4.72 Å². The molecule has 1 aromatic carbocycles. The van der Waals surface area contributed by atoms with Gasteiger partial charge in [-0.1, -0.05) is 0 Å². The Bertz CT molecular complexity index is 676. The SMILES string of the molecule is CS(=O)(=O)c1ccc(S(=O)(=O)NCCCC(=O)O)cc1. The van der Waals surface area contributed by atoms with E-state index in [1.54, 1.807) is 0 Å². The summed E-state index contributed by atoms with van der Waals surface area (Å²) < 4.78 is 48.4. The smallest absolute Gasteiger partial charge is 0.303 e. The van der Waals surface area contributed by atoms with Gasteiger partial charge in [0.1, 0.15) is 0 Å². The van der Waals surface area contributed by atoms with Crippen molar-refractivity contribution >= 4 is 25.8 Å². The predicted molar refractivity (Wildman–Crippen MR) is 71.6 cm³/mol. The summed E-state index contributed by atoms with van der Waals surface area (Å²) in [5, 5.41) is 8.43. The predicted octanol–water partition coefficient (Wildman–Crippen LogP) is 0.233. The Labute approximate surface area is 117 Å². The standard InChI is InChI=1S/C11H15NO6S2/c1-19(15,16)9-4-6-10(7-5-9)20(17,18)12-8-2-3-11(13)14/h4-7,12H,2-3,8H2,1H3,(H,13,14). The van der Waals surface area contributed by atoms with Gasteiger partial charge in [-0.15, -0.1) is 0 Å². The van der Waals surface area contributed by atoms with Gasteiger partial charge in [0, 0.05) is 19.2 Å². The lowest BCUT2D eigenvalue weighted by molar-refractivity contribution is -0.137. The van der Waals surface area contributed by atoms with Crippen LogP contribution in [0.15, 0.2) is 34.1 Å². The van der Waals surface area contributed by atoms with Crippen LogP contribution >= 0.6 is 0 Å². The molecule has 7 nitrogen and oxygen atoms in total. The molecular formula is C11H15NO6S2. The van der Waals surface area contributed by atoms with Crippen molar-refractivity contribution in [3.05, 3.63) is 24.3 Å². The molecule has 0 aliphatic carbocycles. The highest BCUT2D eigenvalue weighted by molar-refractivity contribution is 7.90. The van der Waals surface area contributed by atoms with E-state index >= 15 is 0 Å². The Morgan fingerprint density at radius 3 is 2.05 bits per heavy atom. The fraction of sp³-hybridized carbons (Fsp3) is 0.364. The van der Waals surface area contributed by atoms with Crippen molar-refractivity contribution in [2.45, 2.75) is 22.6 Å². The third-order valence-electron chi connectivity index (χ3n) is 2.42. The fourth-order valence-corrected chi connectivity index (χ4v) is 3.10. The zero-order valence-corrected chi connectivity index (χ0v) is 12.4. The van der Waals surface area contributed by atoms with Crippen LogP contribution in [0.25, 0.3) is 0 Å². The van der Waals surface area contributed by atoms with Crippen molar-refractivity contribution < 1.29 is 26.7 Å². The second kappa shape index (κ2) is 6.33. The quantitative estimate of drug-likeness (QED) is 0.694. The average molecular weight is 321 g/mol. The summed E-state index contributed by atoms with van der Waals surface area (Å²) in [6.45, 7) is 0.00244. The second-order valence-corrected chi connectivity index (χ2v) is 7.92. The number of rotatable bonds is 7. The summed E-state index contributed by atoms with van der Waals surface area (Å²) in [5.41, 5.74) is 0. The lowest BCUT2D eigenvalue weighted by atomic mass is 10.3. The van der Waals surface area contributed by atoms with E-state index in [1.165, 1.54) is 24.3 Å². The fourth-order valence-electron chi connectivity index (χ4n) is 1.40. The third kappa shape index (κ3) is 4.91. The van der Waals surface area contributed by atoms with Gasteiger partial charge >= 0.3 is 5.97 Å². The van der Waals surface area contributed by atoms with E-state index in [2.05, 4.69) is 4.72 Å². The highest BCUT2D eigenvalue weighted by atomic mass is 32.2. The molecule has 0 radical (unpaired) electrons. The maximum absolute atomic E-state index is 11.8. The molecule has 20 heavy (non-hydrogen) atoms. The lowest BCUT2D eigenvalue weighted by Gasteiger charge is -2.06. The molecule has 2 N–H and O–H groups in total. The summed E-state index contributed by atoms with van der Waals surface area (Å²) in [5.74, 6) is -0.998. The highest BCUT2D eigenvalue weighted by Crippen LogP contribution is 2.14. The van der Waals surface area contributed by atoms with Crippen LogP contribution in [0, 0.1) is 0 Å². The van der Waals surface area contributed by atoms with Crippen LogP contribution in [0.4, 0.5) is 0 Å². The van der Waals surface area contributed by atoms with E-state index in [0.717, 1.165) is 6.26 Å². The summed E-state index contributed by atoms with van der Waals surface area (Å²) in [6, 6.07) is 4.80. The molecule has 0 amide bonds. The van der Waals surface area contributed by atoms with Gasteiger partial charge in [0.2, 0.25) is 10.0 Å². The van der Waals surface area contributed by atoms with E-state index in [0.29, 0.717) is 0 Å². The van der Waals surface area contributed by atoms with Gasteiger partial charge in [0.05, 0.1) is 9.79 Å². The van der Waals surface area contributed by atoms with Crippen LogP contribution in [0.3, 0.4) is 0 Å². The van der Waals surface area contributed by atoms with Gasteiger partial charge in [-0.2, -0.15) is 0 Å². The van der Waals surface area contributed by atoms with Gasteiger partial charge < -0.3 is 5.11 Å². The van der Waals surface area contributed by atoms with Crippen LogP contribution < -0.4 is 4.72 Å². The number of carbonyl (C=O) groups is 1. The first kappa shape index (κ1) is 16.6. The number of carboxylic acid groups (broad SMARTS) is 1. The number of sulfonamides is 1. The highest BCUT2D eigenvalue weighted by Gasteiger charge is 2.15. The first-order valence-electron chi connectivity index (χ1n) is 5.64. The lowest BCUT2D eigenvalue weighted by Crippen LogP contribution is -2.25. The molecule has 0 aliphatic heterocycles. The molecule has 0 unspecified atom stereocenters. The third-order valence-corrected chi connectivity index (χ3v) is 5.03. The number of sulfone groups is 1. The van der Waals surface area contributed by atoms with Gasteiger partial charge in [0.25, 0.3) is 0 Å². The Kier molecular flexibility index (Phi) is 5.26. The molecule has 0 heterocycles. The molecule has 1 rings (SSSR count). The van der Waals surface area contributed by atoms with Gasteiger partial charge in [-0.05, 0) is 30.7 Å². The zero-order valence-electron chi connectivity index (χ0n) is 10.7. The number of aliphatic carboxylic acids is 1. The van der Waals surface area contributed by atoms with Crippen LogP contribution in [-0.4, -0.2) is 40.7 Å². The molecule has 0 aromatic heterocycles. The summed E-state index contributed by atoms with van der Waals surface area (Å²) in [4.78, 5) is 10.3. The average Bonchev–Trinajstić information content (AvgIpc) is 2.34. The molecule has 0 bridgehead atoms. The first-order chi connectivity index (χ1) is 9.13. The summed E-state index contributed by atoms with van der Waals surface area (Å²) in [6.07, 6.45) is 1.08. The van der Waals surface area contributed by atoms with Crippen LogP contribution in [0.2, 0.25) is 0 Å². The Morgan fingerprint density at radius 1 is 1.10 bits per heavy atom. The Hall–Kier alpha value is -1.45. The molecule has 0 fully saturated rings. The molecule has 0 saturated heterocycles. The Balaban J connectivity index is 2.76. The molecule has 9 heteroatoms. The van der Waals surface area contributed by atoms with Crippen molar-refractivity contribution in [1.29, 1.82) is 0 Å². The van der Waals surface area contributed by atoms with Gasteiger partial charge in [0.15, 0.2) is 9.84 Å². The minimum absolute atomic E-state index is 0.00244. The molecule has 1 aromatic rings. The largest absolute Gasteiger partial charge is 0.481 e. The number of carboxylic acids is 1. The van der Waals surface area contributed by atoms with E-state index in [4.69, 9.17) is 5.11 Å². The maximum atomic E-state index is 11.8. The van der Waals surface area contributed by atoms with E-state index in [1.807, 2.05) is 0 Å². The summed E-state index contributed by atoms with van der Waals surface area (Å²) >= 11 is 0. The van der Waals surface area contributed by atoms with Crippen molar-refractivity contribution in [2.24, 2.45) is 0 Å². The van der Waals surface area contributed by atoms with E-state index in [-0.39, 0.29) is 29.2 Å². The zero-order chi connectivity index (χ0) is 15.4. The molecule has 0 atom stereocenters. The number of benzene rings is 1. The van der Waals surface area contributed by atoms with Crippen LogP contribution in [-0.2, 0) is 24.7 Å². The number of hydrogen-bond acceptors (Lipinski definition) is 5. The molecule has 0 spiro atoms. The summed E-state index contributed by atoms with van der Waals surface area (Å²) in [7, 11) is -7.13. The first-order valence-corrected chi connectivity index (χ1v) is 9.02. The van der Waals surface area contributed by atoms with Crippen LogP contribution in [0.1, 0.15) is 12.8 Å². The minimum atomic E-state index is -3.76. The Morgan fingerprint density at radius 2 is 1.60 bits per heavy atom. The van der Waals surface area contributed by atoms with Crippen molar-refractivity contribution in [2.75, 3.05) is 12.8 Å². The molecular weight excluding hydrogens is 306 g/mol. The normalized spacial score (nSPS) is 12.2. The van der Waals surface area contributed by atoms with Gasteiger partial charge in [-0.3, -0.25) is 4.79 Å². The topological polar surface area (TPSA) is 118 Å². The van der Waals surface area contributed by atoms with Crippen LogP contribution in [0.5, 0.6) is 0 Å².